The first kappa shape index (κ1) is 15.0. The molecule has 124 valence electrons. The van der Waals surface area contributed by atoms with Crippen LogP contribution in [0.4, 0.5) is 0 Å². The van der Waals surface area contributed by atoms with E-state index in [0.29, 0.717) is 30.0 Å². The summed E-state index contributed by atoms with van der Waals surface area (Å²) in [5.41, 5.74) is 1.64. The Kier molecular flexibility index (Phi) is 3.87. The van der Waals surface area contributed by atoms with E-state index in [9.17, 15) is 4.79 Å². The highest BCUT2D eigenvalue weighted by atomic mass is 16.5. The first-order chi connectivity index (χ1) is 11.7. The molecule has 24 heavy (non-hydrogen) atoms. The molecular weight excluding hydrogens is 306 g/mol. The molecule has 0 aliphatic carbocycles. The van der Waals surface area contributed by atoms with Gasteiger partial charge in [-0.2, -0.15) is 5.10 Å². The van der Waals surface area contributed by atoms with Crippen LogP contribution < -0.4 is 5.56 Å². The lowest BCUT2D eigenvalue weighted by Gasteiger charge is -2.32. The number of rotatable bonds is 3. The first-order valence-corrected chi connectivity index (χ1v) is 8.00. The molecule has 1 aromatic carbocycles. The summed E-state index contributed by atoms with van der Waals surface area (Å²) in [7, 11) is 1.79. The molecule has 3 aromatic rings. The number of nitrogens with one attached hydrogen (secondary N) is 1. The van der Waals surface area contributed by atoms with Gasteiger partial charge in [0.1, 0.15) is 11.2 Å². The Balaban J connectivity index is 1.55. The number of nitrogens with zero attached hydrogens (tertiary/aromatic N) is 4. The molecule has 7 heteroatoms. The van der Waals surface area contributed by atoms with Crippen LogP contribution in [-0.2, 0) is 18.3 Å². The fraction of sp³-hybridized carbons (Fsp3) is 0.353. The second-order valence-corrected chi connectivity index (χ2v) is 6.02. The van der Waals surface area contributed by atoms with Crippen molar-refractivity contribution in [3.05, 3.63) is 58.3 Å². The van der Waals surface area contributed by atoms with Gasteiger partial charge in [-0.05, 0) is 5.56 Å². The number of aryl methyl sites for hydroxylation is 1. The van der Waals surface area contributed by atoms with Crippen molar-refractivity contribution in [2.75, 3.05) is 19.7 Å². The minimum atomic E-state index is -0.143. The van der Waals surface area contributed by atoms with Crippen molar-refractivity contribution >= 4 is 11.0 Å². The minimum absolute atomic E-state index is 0.0482. The average molecular weight is 325 g/mol. The lowest BCUT2D eigenvalue weighted by atomic mass is 10.1. The van der Waals surface area contributed by atoms with E-state index in [4.69, 9.17) is 4.74 Å². The monoisotopic (exact) mass is 325 g/mol. The number of H-pyrrole nitrogens is 1. The number of benzene rings is 1. The van der Waals surface area contributed by atoms with Crippen LogP contribution in [0.3, 0.4) is 0 Å². The quantitative estimate of drug-likeness (QED) is 0.784. The van der Waals surface area contributed by atoms with Gasteiger partial charge in [-0.15, -0.1) is 0 Å². The fourth-order valence-corrected chi connectivity index (χ4v) is 3.08. The van der Waals surface area contributed by atoms with Gasteiger partial charge in [0.2, 0.25) is 0 Å². The highest BCUT2D eigenvalue weighted by molar-refractivity contribution is 5.72. The van der Waals surface area contributed by atoms with E-state index in [0.717, 1.165) is 13.1 Å². The van der Waals surface area contributed by atoms with Crippen LogP contribution in [0.25, 0.3) is 11.0 Å². The molecule has 0 spiro atoms. The summed E-state index contributed by atoms with van der Waals surface area (Å²) in [6.45, 7) is 2.84. The van der Waals surface area contributed by atoms with Crippen LogP contribution in [0.2, 0.25) is 0 Å². The predicted molar refractivity (Wildman–Crippen MR) is 89.5 cm³/mol. The number of hydrogen-bond donors (Lipinski definition) is 1. The van der Waals surface area contributed by atoms with E-state index in [1.807, 2.05) is 18.2 Å². The second kappa shape index (κ2) is 6.18. The molecule has 1 N–H and O–H groups in total. The average Bonchev–Trinajstić information content (AvgIpc) is 2.98. The van der Waals surface area contributed by atoms with E-state index in [1.165, 1.54) is 5.56 Å². The lowest BCUT2D eigenvalue weighted by molar-refractivity contribution is -0.0336. The Morgan fingerprint density at radius 1 is 1.33 bits per heavy atom. The van der Waals surface area contributed by atoms with Crippen LogP contribution in [0.15, 0.2) is 41.3 Å². The predicted octanol–water partition coefficient (Wildman–Crippen LogP) is 1.23. The van der Waals surface area contributed by atoms with Crippen LogP contribution in [0.1, 0.15) is 17.5 Å². The van der Waals surface area contributed by atoms with Gasteiger partial charge in [0.05, 0.1) is 25.5 Å². The Morgan fingerprint density at radius 2 is 2.17 bits per heavy atom. The topological polar surface area (TPSA) is 76.0 Å². The molecule has 1 saturated heterocycles. The van der Waals surface area contributed by atoms with Gasteiger partial charge < -0.3 is 9.72 Å². The zero-order chi connectivity index (χ0) is 16.5. The van der Waals surface area contributed by atoms with Gasteiger partial charge in [0.25, 0.3) is 5.56 Å². The molecule has 3 heterocycles. The molecule has 0 saturated carbocycles. The minimum Gasteiger partial charge on any atom is -0.371 e. The molecule has 1 aliphatic rings. The number of ether oxygens (including phenoxy) is 1. The number of fused-ring (bicyclic) bond motifs is 1. The van der Waals surface area contributed by atoms with Gasteiger partial charge in [-0.25, -0.2) is 4.98 Å². The zero-order valence-electron chi connectivity index (χ0n) is 13.5. The van der Waals surface area contributed by atoms with E-state index in [2.05, 4.69) is 32.1 Å². The van der Waals surface area contributed by atoms with Crippen molar-refractivity contribution in [2.45, 2.75) is 12.6 Å². The maximum Gasteiger partial charge on any atom is 0.262 e. The molecule has 0 unspecified atom stereocenters. The summed E-state index contributed by atoms with van der Waals surface area (Å²) in [6, 6.07) is 10.2. The molecule has 4 rings (SSSR count). The highest BCUT2D eigenvalue weighted by Crippen LogP contribution is 2.22. The Labute approximate surface area is 138 Å². The summed E-state index contributed by atoms with van der Waals surface area (Å²) in [5, 5.41) is 4.62. The third kappa shape index (κ3) is 2.83. The number of hydrogen-bond acceptors (Lipinski definition) is 5. The van der Waals surface area contributed by atoms with Gasteiger partial charge in [-0.3, -0.25) is 14.4 Å². The molecule has 7 nitrogen and oxygen atoms in total. The maximum atomic E-state index is 12.1. The molecular formula is C17H19N5O2. The molecule has 0 amide bonds. The third-order valence-electron chi connectivity index (χ3n) is 4.35. The Morgan fingerprint density at radius 3 is 3.00 bits per heavy atom. The normalized spacial score (nSPS) is 19.0. The zero-order valence-corrected chi connectivity index (χ0v) is 13.5. The van der Waals surface area contributed by atoms with Crippen LogP contribution in [-0.4, -0.2) is 44.3 Å². The molecule has 1 atom stereocenters. The summed E-state index contributed by atoms with van der Waals surface area (Å²) in [4.78, 5) is 21.8. The van der Waals surface area contributed by atoms with Gasteiger partial charge in [-0.1, -0.05) is 30.3 Å². The standard InChI is InChI=1S/C17H19N5O2/c1-21-16-13(9-18-21)17(23)20-15(19-16)11-22-7-8-24-14(10-22)12-5-3-2-4-6-12/h2-6,9,14H,7-8,10-11H2,1H3,(H,19,20,23)/t14-/m1/s1. The first-order valence-electron chi connectivity index (χ1n) is 8.00. The van der Waals surface area contributed by atoms with E-state index < -0.39 is 0 Å². The van der Waals surface area contributed by atoms with Crippen molar-refractivity contribution in [1.82, 2.24) is 24.6 Å². The van der Waals surface area contributed by atoms with Crippen LogP contribution in [0, 0.1) is 0 Å². The second-order valence-electron chi connectivity index (χ2n) is 6.02. The SMILES string of the molecule is Cn1ncc2c(=O)[nH]c(CN3CCO[C@@H](c4ccccc4)C3)nc21. The number of aromatic amines is 1. The van der Waals surface area contributed by atoms with Crippen LogP contribution >= 0.6 is 0 Å². The summed E-state index contributed by atoms with van der Waals surface area (Å²) >= 11 is 0. The third-order valence-corrected chi connectivity index (χ3v) is 4.35. The summed E-state index contributed by atoms with van der Waals surface area (Å²) in [6.07, 6.45) is 1.59. The van der Waals surface area contributed by atoms with Gasteiger partial charge >= 0.3 is 0 Å². The largest absolute Gasteiger partial charge is 0.371 e. The molecule has 1 aliphatic heterocycles. The maximum absolute atomic E-state index is 12.1. The van der Waals surface area contributed by atoms with Crippen LogP contribution in [0.5, 0.6) is 0 Å². The van der Waals surface area contributed by atoms with E-state index in [-0.39, 0.29) is 11.7 Å². The van der Waals surface area contributed by atoms with Crippen molar-refractivity contribution in [3.8, 4) is 0 Å². The van der Waals surface area contributed by atoms with Crippen molar-refractivity contribution in [3.63, 3.8) is 0 Å². The highest BCUT2D eigenvalue weighted by Gasteiger charge is 2.22. The van der Waals surface area contributed by atoms with Gasteiger partial charge in [0, 0.05) is 20.1 Å². The summed E-state index contributed by atoms with van der Waals surface area (Å²) in [5.74, 6) is 0.657. The van der Waals surface area contributed by atoms with Crippen molar-refractivity contribution < 1.29 is 4.74 Å². The van der Waals surface area contributed by atoms with Crippen molar-refractivity contribution in [2.24, 2.45) is 7.05 Å². The van der Waals surface area contributed by atoms with E-state index >= 15 is 0 Å². The lowest BCUT2D eigenvalue weighted by Crippen LogP contribution is -2.38. The number of aromatic nitrogens is 4. The Bertz CT molecular complexity index is 902. The van der Waals surface area contributed by atoms with E-state index in [1.54, 1.807) is 17.9 Å². The molecule has 2 aromatic heterocycles. The fourth-order valence-electron chi connectivity index (χ4n) is 3.08. The molecule has 1 fully saturated rings. The number of morpholine rings is 1. The van der Waals surface area contributed by atoms with Crippen molar-refractivity contribution in [1.29, 1.82) is 0 Å². The Hall–Kier alpha value is -2.51. The summed E-state index contributed by atoms with van der Waals surface area (Å²) < 4.78 is 7.51. The molecule has 0 bridgehead atoms. The smallest absolute Gasteiger partial charge is 0.262 e. The van der Waals surface area contributed by atoms with Gasteiger partial charge in [0.15, 0.2) is 5.65 Å². The molecule has 0 radical (unpaired) electrons.